The molecule has 21 heteroatoms. The molecule has 554 valence electrons. The number of aromatic nitrogens is 6. The summed E-state index contributed by atoms with van der Waals surface area (Å²) in [5, 5.41) is 22.8. The van der Waals surface area contributed by atoms with Gasteiger partial charge in [0.2, 0.25) is 0 Å². The van der Waals surface area contributed by atoms with Crippen LogP contribution in [0, 0.1) is 0 Å². The molecule has 6 aliphatic heterocycles. The van der Waals surface area contributed by atoms with Gasteiger partial charge in [0.05, 0.1) is 99.1 Å². The van der Waals surface area contributed by atoms with E-state index in [0.29, 0.717) is 133 Å². The Bertz CT molecular complexity index is 5040. The monoisotopic (exact) mass is 1440 g/mol. The van der Waals surface area contributed by atoms with Crippen molar-refractivity contribution in [2.75, 3.05) is 86.0 Å². The minimum atomic E-state index is -0.953. The number of pyridine rings is 3. The van der Waals surface area contributed by atoms with Gasteiger partial charge in [0, 0.05) is 150 Å². The second-order valence-corrected chi connectivity index (χ2v) is 29.5. The molecule has 6 fully saturated rings. The summed E-state index contributed by atoms with van der Waals surface area (Å²) in [6, 6.07) is 22.7. The number of amides is 3. The number of carbonyl (C=O) groups is 6. The van der Waals surface area contributed by atoms with Crippen LogP contribution in [0.2, 0.25) is 0 Å². The Morgan fingerprint density at radius 3 is 1.24 bits per heavy atom. The third kappa shape index (κ3) is 14.1. The Balaban J connectivity index is 0.000000128. The number of nitrogens with zero attached hydrogens (tertiary/aromatic N) is 9. The number of aromatic carboxylic acids is 2. The molecule has 9 aromatic rings. The maximum absolute atomic E-state index is 13.7. The summed E-state index contributed by atoms with van der Waals surface area (Å²) in [7, 11) is 1.41. The predicted molar refractivity (Wildman–Crippen MR) is 411 cm³/mol. The van der Waals surface area contributed by atoms with Gasteiger partial charge >= 0.3 is 17.9 Å². The van der Waals surface area contributed by atoms with Gasteiger partial charge in [-0.3, -0.25) is 29.3 Å². The van der Waals surface area contributed by atoms with Crippen molar-refractivity contribution in [3.8, 4) is 33.8 Å². The van der Waals surface area contributed by atoms with Crippen LogP contribution in [0.3, 0.4) is 0 Å². The number of benzene rings is 3. The van der Waals surface area contributed by atoms with E-state index in [-0.39, 0.29) is 42.2 Å². The quantitative estimate of drug-likeness (QED) is 0.128. The molecule has 0 unspecified atom stereocenters. The highest BCUT2D eigenvalue weighted by Gasteiger charge is 2.37. The lowest BCUT2D eigenvalue weighted by molar-refractivity contribution is -0.131. The first-order valence-electron chi connectivity index (χ1n) is 38.0. The number of carboxylic acids is 2. The molecule has 0 atom stereocenters. The number of ether oxygens (including phenoxy) is 4. The second kappa shape index (κ2) is 31.6. The van der Waals surface area contributed by atoms with E-state index < -0.39 is 11.9 Å². The fourth-order valence-corrected chi connectivity index (χ4v) is 18.1. The Kier molecular flexibility index (Phi) is 21.3. The Morgan fingerprint density at radius 1 is 0.439 bits per heavy atom. The summed E-state index contributed by atoms with van der Waals surface area (Å²) in [6.45, 7) is 7.65. The first-order chi connectivity index (χ1) is 51.9. The van der Waals surface area contributed by atoms with Gasteiger partial charge in [-0.25, -0.2) is 14.4 Å². The van der Waals surface area contributed by atoms with Crippen LogP contribution in [0.25, 0.3) is 84.8 Å². The third-order valence-electron chi connectivity index (χ3n) is 23.3. The van der Waals surface area contributed by atoms with Crippen molar-refractivity contribution in [1.29, 1.82) is 0 Å². The van der Waals surface area contributed by atoms with E-state index in [2.05, 4.69) is 34.7 Å². The van der Waals surface area contributed by atoms with E-state index in [9.17, 15) is 39.0 Å². The molecule has 18 rings (SSSR count). The summed E-state index contributed by atoms with van der Waals surface area (Å²) in [6.07, 6.45) is 35.3. The average Bonchev–Trinajstić information content (AvgIpc) is 1.59. The molecule has 21 nitrogen and oxygen atoms in total. The number of rotatable bonds is 9. The molecule has 3 saturated carbocycles. The highest BCUT2D eigenvalue weighted by Crippen LogP contribution is 2.51. The van der Waals surface area contributed by atoms with E-state index in [1.165, 1.54) is 81.6 Å². The van der Waals surface area contributed by atoms with Crippen molar-refractivity contribution < 1.29 is 57.9 Å². The highest BCUT2D eigenvalue weighted by atomic mass is 16.5. The van der Waals surface area contributed by atoms with Crippen molar-refractivity contribution in [3.05, 3.63) is 177 Å². The van der Waals surface area contributed by atoms with Gasteiger partial charge in [0.25, 0.3) is 17.7 Å². The van der Waals surface area contributed by atoms with Gasteiger partial charge in [0.1, 0.15) is 0 Å². The zero-order valence-electron chi connectivity index (χ0n) is 60.1. The van der Waals surface area contributed by atoms with Gasteiger partial charge in [-0.2, -0.15) is 0 Å². The summed E-state index contributed by atoms with van der Waals surface area (Å²) in [5.74, 6) is -0.950. The number of carboxylic acid groups (broad SMARTS) is 2. The van der Waals surface area contributed by atoms with E-state index in [0.717, 1.165) is 127 Å². The van der Waals surface area contributed by atoms with Crippen LogP contribution in [-0.4, -0.2) is 175 Å². The van der Waals surface area contributed by atoms with Crippen molar-refractivity contribution in [2.24, 2.45) is 0 Å². The van der Waals surface area contributed by atoms with Gasteiger partial charge < -0.3 is 57.6 Å². The molecule has 3 amide bonds. The lowest BCUT2D eigenvalue weighted by atomic mass is 9.81. The molecule has 0 bridgehead atoms. The predicted octanol–water partition coefficient (Wildman–Crippen LogP) is 14.8. The minimum absolute atomic E-state index is 0. The first kappa shape index (κ1) is 72.2. The molecule has 107 heavy (non-hydrogen) atoms. The standard InChI is InChI=1S/C29H31N3O4.2C28H29N3O4.CH4/c1-35-29(34)21-7-8-23-25(16-21)32-18-22(28(33)31-11-13-36-14-12-31)15-20-9-10-30-17-24(20)27(32)26(23)19-5-3-2-4-6-19;2*32-27(30-10-12-35-13-11-30)21-14-19-8-9-29-16-23(19)26-25(18-4-2-1-3-5-18)22-7-6-20(28(33)34)15-24(22)31(26)17-21;/h7-10,15-17,19H,2-6,11-14,18H2,1H3;6-9,15-18H,1-5,10-14H2,(H,33,34);6-9,14-16,18H,1-5,10-13,17H2,(H,33,34);1H4. The second-order valence-electron chi connectivity index (χ2n) is 29.5. The van der Waals surface area contributed by atoms with Crippen molar-refractivity contribution in [1.82, 2.24) is 43.4 Å². The molecule has 2 N–H and O–H groups in total. The number of hydrogen-bond acceptors (Lipinski definition) is 13. The van der Waals surface area contributed by atoms with Gasteiger partial charge in [-0.05, 0) is 156 Å². The molecule has 0 spiro atoms. The number of carbonyl (C=O) groups excluding carboxylic acids is 4. The number of fused-ring (bicyclic) bond motifs is 15. The van der Waals surface area contributed by atoms with Gasteiger partial charge in [-0.1, -0.05) is 83.4 Å². The van der Waals surface area contributed by atoms with Crippen molar-refractivity contribution in [2.45, 2.75) is 141 Å². The van der Waals surface area contributed by atoms with Crippen LogP contribution in [0.4, 0.5) is 0 Å². The summed E-state index contributed by atoms with van der Waals surface area (Å²) in [4.78, 5) is 96.1. The first-order valence-corrected chi connectivity index (χ1v) is 38.0. The SMILES string of the molecule is C.COC(=O)c1ccc2c(C3CCCCC3)c3n(c2c1)CC(C(=O)N1CCOCC1)=Cc1ccncc1-3.O=C(O)c1ccc2c(C3CCCCC3)c3n(c2c1)C=C(C(=O)N1CCOCC1)Cc1ccncc1-3.O=C(O)c1ccc2c(C3CCCCC3)c3n(c2c1)CC(C(=O)N1CCOCC1)=Cc1ccncc1-3. The van der Waals surface area contributed by atoms with Crippen LogP contribution in [0.1, 0.15) is 186 Å². The van der Waals surface area contributed by atoms with Crippen molar-refractivity contribution in [3.63, 3.8) is 0 Å². The van der Waals surface area contributed by atoms with Crippen LogP contribution >= 0.6 is 0 Å². The minimum Gasteiger partial charge on any atom is -0.478 e. The van der Waals surface area contributed by atoms with Gasteiger partial charge in [-0.15, -0.1) is 0 Å². The largest absolute Gasteiger partial charge is 0.478 e. The molecular formula is C86H93N9O12. The number of hydrogen-bond donors (Lipinski definition) is 2. The number of esters is 1. The molecule has 3 aromatic carbocycles. The molecule has 6 aromatic heterocycles. The summed E-state index contributed by atoms with van der Waals surface area (Å²) in [5.41, 5.74) is 19.1. The third-order valence-corrected chi connectivity index (χ3v) is 23.3. The van der Waals surface area contributed by atoms with Crippen LogP contribution in [-0.2, 0) is 52.8 Å². The molecule has 0 radical (unpaired) electrons. The lowest BCUT2D eigenvalue weighted by Gasteiger charge is -2.28. The Hall–Kier alpha value is -10.4. The van der Waals surface area contributed by atoms with Crippen LogP contribution < -0.4 is 0 Å². The van der Waals surface area contributed by atoms with E-state index in [1.54, 1.807) is 42.9 Å². The topological polar surface area (TPSA) is 243 Å². The fraction of sp³-hybridized carbons (Fsp3) is 0.407. The van der Waals surface area contributed by atoms with Crippen LogP contribution in [0.5, 0.6) is 0 Å². The number of methoxy groups -OCH3 is 1. The Morgan fingerprint density at radius 2 is 0.813 bits per heavy atom. The maximum atomic E-state index is 13.7. The van der Waals surface area contributed by atoms with E-state index in [4.69, 9.17) is 18.9 Å². The smallest absolute Gasteiger partial charge is 0.337 e. The number of morpholine rings is 3. The molecule has 12 heterocycles. The summed E-state index contributed by atoms with van der Waals surface area (Å²) < 4.78 is 27.9. The zero-order valence-corrected chi connectivity index (χ0v) is 60.1. The molecule has 9 aliphatic rings. The highest BCUT2D eigenvalue weighted by molar-refractivity contribution is 6.07. The fourth-order valence-electron chi connectivity index (χ4n) is 18.1. The average molecular weight is 1440 g/mol. The molecular weight excluding hydrogens is 1350 g/mol. The van der Waals surface area contributed by atoms with Crippen molar-refractivity contribution >= 4 is 86.7 Å². The Labute approximate surface area is 622 Å². The molecule has 3 aliphatic carbocycles. The lowest BCUT2D eigenvalue weighted by Crippen LogP contribution is -2.41. The van der Waals surface area contributed by atoms with Gasteiger partial charge in [0.15, 0.2) is 0 Å². The normalized spacial score (nSPS) is 18.3. The van der Waals surface area contributed by atoms with E-state index in [1.807, 2.05) is 94.1 Å². The van der Waals surface area contributed by atoms with E-state index >= 15 is 0 Å². The van der Waals surface area contributed by atoms with Crippen LogP contribution in [0.15, 0.2) is 127 Å². The zero-order chi connectivity index (χ0) is 72.5. The molecule has 3 saturated heterocycles. The maximum Gasteiger partial charge on any atom is 0.337 e. The summed E-state index contributed by atoms with van der Waals surface area (Å²) >= 11 is 0.